The number of thioether (sulfide) groups is 1. The van der Waals surface area contributed by atoms with Gasteiger partial charge in [-0.15, -0.1) is 23.1 Å². The minimum atomic E-state index is -0.506. The van der Waals surface area contributed by atoms with Crippen LogP contribution in [0.15, 0.2) is 46.3 Å². The van der Waals surface area contributed by atoms with Gasteiger partial charge in [-0.25, -0.2) is 0 Å². The first-order valence-electron chi connectivity index (χ1n) is 9.32. The van der Waals surface area contributed by atoms with E-state index in [0.29, 0.717) is 41.2 Å². The molecule has 2 aromatic heterocycles. The van der Waals surface area contributed by atoms with Gasteiger partial charge in [0, 0.05) is 24.3 Å². The summed E-state index contributed by atoms with van der Waals surface area (Å²) in [6, 6.07) is 10.4. The highest BCUT2D eigenvalue weighted by Crippen LogP contribution is 2.25. The third-order valence-electron chi connectivity index (χ3n) is 4.63. The quantitative estimate of drug-likeness (QED) is 0.597. The number of aryl methyl sites for hydroxylation is 1. The van der Waals surface area contributed by atoms with Crippen molar-refractivity contribution in [2.24, 2.45) is 0 Å². The van der Waals surface area contributed by atoms with E-state index in [4.69, 9.17) is 9.26 Å². The van der Waals surface area contributed by atoms with E-state index in [9.17, 15) is 9.59 Å². The van der Waals surface area contributed by atoms with Crippen LogP contribution in [0.4, 0.5) is 5.69 Å². The van der Waals surface area contributed by atoms with E-state index in [0.717, 1.165) is 4.88 Å². The molecule has 1 aliphatic heterocycles. The van der Waals surface area contributed by atoms with E-state index < -0.39 is 6.04 Å². The Bertz CT molecular complexity index is 1000. The molecule has 156 valence electrons. The van der Waals surface area contributed by atoms with Crippen molar-refractivity contribution in [2.45, 2.75) is 18.9 Å². The molecule has 1 aromatic carbocycles. The zero-order chi connectivity index (χ0) is 20.9. The minimum Gasteiger partial charge on any atom is -0.497 e. The Morgan fingerprint density at radius 1 is 1.30 bits per heavy atom. The number of hydrogen-bond donors (Lipinski definition) is 1. The van der Waals surface area contributed by atoms with Crippen molar-refractivity contribution in [1.82, 2.24) is 15.0 Å². The van der Waals surface area contributed by atoms with Gasteiger partial charge in [0.15, 0.2) is 0 Å². The lowest BCUT2D eigenvalue weighted by Gasteiger charge is -2.23. The normalized spacial score (nSPS) is 15.9. The highest BCUT2D eigenvalue weighted by Gasteiger charge is 2.34. The summed E-state index contributed by atoms with van der Waals surface area (Å²) in [5, 5.41) is 8.77. The van der Waals surface area contributed by atoms with Crippen LogP contribution in [0.3, 0.4) is 0 Å². The van der Waals surface area contributed by atoms with Crippen LogP contribution in [-0.2, 0) is 16.0 Å². The van der Waals surface area contributed by atoms with Gasteiger partial charge < -0.3 is 19.5 Å². The number of aromatic nitrogens is 2. The molecule has 3 aromatic rings. The van der Waals surface area contributed by atoms with Crippen LogP contribution in [0, 0.1) is 0 Å². The predicted molar refractivity (Wildman–Crippen MR) is 116 cm³/mol. The summed E-state index contributed by atoms with van der Waals surface area (Å²) >= 11 is 3.09. The molecule has 0 bridgehead atoms. The van der Waals surface area contributed by atoms with Crippen molar-refractivity contribution >= 4 is 40.6 Å². The van der Waals surface area contributed by atoms with Crippen molar-refractivity contribution in [2.75, 3.05) is 24.1 Å². The molecule has 0 spiro atoms. The lowest BCUT2D eigenvalue weighted by atomic mass is 10.2. The molecule has 4 rings (SSSR count). The molecule has 1 saturated heterocycles. The predicted octanol–water partition coefficient (Wildman–Crippen LogP) is 3.28. The monoisotopic (exact) mass is 444 g/mol. The van der Waals surface area contributed by atoms with Gasteiger partial charge in [-0.05, 0) is 35.7 Å². The second-order valence-corrected chi connectivity index (χ2v) is 8.53. The van der Waals surface area contributed by atoms with E-state index >= 15 is 0 Å². The SMILES string of the molecule is COc1ccc(NC(=O)C2CSCN2C(=O)CCc2nc(-c3cccs3)no2)cc1. The Morgan fingerprint density at radius 2 is 2.13 bits per heavy atom. The maximum atomic E-state index is 12.7. The van der Waals surface area contributed by atoms with E-state index in [1.807, 2.05) is 17.5 Å². The van der Waals surface area contributed by atoms with Gasteiger partial charge in [0.1, 0.15) is 11.8 Å². The zero-order valence-corrected chi connectivity index (χ0v) is 17.9. The Morgan fingerprint density at radius 3 is 2.87 bits per heavy atom. The van der Waals surface area contributed by atoms with Gasteiger partial charge in [0.05, 0.1) is 17.9 Å². The van der Waals surface area contributed by atoms with Gasteiger partial charge in [-0.2, -0.15) is 4.98 Å². The number of nitrogens with zero attached hydrogens (tertiary/aromatic N) is 3. The van der Waals surface area contributed by atoms with Crippen LogP contribution in [0.5, 0.6) is 5.75 Å². The molecule has 3 heterocycles. The Balaban J connectivity index is 1.33. The van der Waals surface area contributed by atoms with Crippen LogP contribution in [-0.4, -0.2) is 51.6 Å². The molecule has 1 unspecified atom stereocenters. The summed E-state index contributed by atoms with van der Waals surface area (Å²) in [6.07, 6.45) is 0.546. The van der Waals surface area contributed by atoms with Crippen LogP contribution in [0.2, 0.25) is 0 Å². The largest absolute Gasteiger partial charge is 0.497 e. The molecule has 1 atom stereocenters. The Kier molecular flexibility index (Phi) is 6.34. The van der Waals surface area contributed by atoms with Crippen LogP contribution in [0.1, 0.15) is 12.3 Å². The van der Waals surface area contributed by atoms with Crippen LogP contribution in [0.25, 0.3) is 10.7 Å². The molecular formula is C20H20N4O4S2. The number of methoxy groups -OCH3 is 1. The number of amides is 2. The molecule has 30 heavy (non-hydrogen) atoms. The topological polar surface area (TPSA) is 97.6 Å². The van der Waals surface area contributed by atoms with Crippen LogP contribution < -0.4 is 10.1 Å². The highest BCUT2D eigenvalue weighted by atomic mass is 32.2. The van der Waals surface area contributed by atoms with Crippen molar-refractivity contribution < 1.29 is 18.8 Å². The molecule has 0 aliphatic carbocycles. The average Bonchev–Trinajstić information content (AvgIpc) is 3.53. The van der Waals surface area contributed by atoms with Gasteiger partial charge in [-0.1, -0.05) is 11.2 Å². The van der Waals surface area contributed by atoms with Crippen molar-refractivity contribution in [3.8, 4) is 16.5 Å². The molecule has 10 heteroatoms. The third-order valence-corrected chi connectivity index (χ3v) is 6.50. The maximum absolute atomic E-state index is 12.7. The number of ether oxygens (including phenoxy) is 1. The third kappa shape index (κ3) is 4.65. The number of carbonyl (C=O) groups is 2. The first-order valence-corrected chi connectivity index (χ1v) is 11.4. The fourth-order valence-corrected chi connectivity index (χ4v) is 4.86. The Labute approximate surface area is 181 Å². The van der Waals surface area contributed by atoms with Gasteiger partial charge in [0.2, 0.25) is 23.5 Å². The summed E-state index contributed by atoms with van der Waals surface area (Å²) in [7, 11) is 1.59. The molecule has 1 aliphatic rings. The molecule has 0 saturated carbocycles. The van der Waals surface area contributed by atoms with Gasteiger partial charge >= 0.3 is 0 Å². The molecule has 0 radical (unpaired) electrons. The number of benzene rings is 1. The highest BCUT2D eigenvalue weighted by molar-refractivity contribution is 7.99. The first-order chi connectivity index (χ1) is 14.6. The second-order valence-electron chi connectivity index (χ2n) is 6.59. The molecule has 2 amide bonds. The number of carbonyl (C=O) groups excluding carboxylic acids is 2. The maximum Gasteiger partial charge on any atom is 0.248 e. The van der Waals surface area contributed by atoms with E-state index in [1.165, 1.54) is 11.3 Å². The standard InChI is InChI=1S/C20H20N4O4S2/c1-27-14-6-4-13(5-7-14)21-20(26)15-11-29-12-24(15)18(25)9-8-17-22-19(23-28-17)16-3-2-10-30-16/h2-7,10,15H,8-9,11-12H2,1H3,(H,21,26). The van der Waals surface area contributed by atoms with E-state index in [-0.39, 0.29) is 18.2 Å². The summed E-state index contributed by atoms with van der Waals surface area (Å²) in [6.45, 7) is 0. The summed E-state index contributed by atoms with van der Waals surface area (Å²) in [4.78, 5) is 32.3. The van der Waals surface area contributed by atoms with Crippen molar-refractivity contribution in [3.63, 3.8) is 0 Å². The second kappa shape index (κ2) is 9.31. The summed E-state index contributed by atoms with van der Waals surface area (Å²) in [5.41, 5.74) is 0.664. The fraction of sp³-hybridized carbons (Fsp3) is 0.300. The minimum absolute atomic E-state index is 0.106. The van der Waals surface area contributed by atoms with E-state index in [2.05, 4.69) is 15.5 Å². The van der Waals surface area contributed by atoms with Crippen molar-refractivity contribution in [3.05, 3.63) is 47.7 Å². The number of nitrogens with one attached hydrogen (secondary N) is 1. The zero-order valence-electron chi connectivity index (χ0n) is 16.2. The average molecular weight is 445 g/mol. The number of rotatable bonds is 7. The van der Waals surface area contributed by atoms with Gasteiger partial charge in [-0.3, -0.25) is 9.59 Å². The van der Waals surface area contributed by atoms with Crippen molar-refractivity contribution in [1.29, 1.82) is 0 Å². The summed E-state index contributed by atoms with van der Waals surface area (Å²) < 4.78 is 10.4. The molecular weight excluding hydrogens is 424 g/mol. The van der Waals surface area contributed by atoms with E-state index in [1.54, 1.807) is 48.0 Å². The molecule has 8 nitrogen and oxygen atoms in total. The molecule has 1 N–H and O–H groups in total. The molecule has 1 fully saturated rings. The number of anilines is 1. The Hall–Kier alpha value is -2.85. The number of hydrogen-bond acceptors (Lipinski definition) is 8. The lowest BCUT2D eigenvalue weighted by Crippen LogP contribution is -2.44. The van der Waals surface area contributed by atoms with Crippen LogP contribution >= 0.6 is 23.1 Å². The smallest absolute Gasteiger partial charge is 0.248 e. The lowest BCUT2D eigenvalue weighted by molar-refractivity contribution is -0.136. The summed E-state index contributed by atoms with van der Waals surface area (Å²) in [5.74, 6) is 2.41. The number of thiophene rings is 1. The fourth-order valence-electron chi connectivity index (χ4n) is 3.03. The van der Waals surface area contributed by atoms with Gasteiger partial charge in [0.25, 0.3) is 0 Å². The first kappa shape index (κ1) is 20.4.